The van der Waals surface area contributed by atoms with E-state index in [9.17, 15) is 0 Å². The average Bonchev–Trinajstić information content (AvgIpc) is 2.37. The molecule has 1 aliphatic rings. The highest BCUT2D eigenvalue weighted by Gasteiger charge is 2.18. The fraction of sp³-hybridized carbons (Fsp3) is 0.429. The molecule has 0 heterocycles. The van der Waals surface area contributed by atoms with Crippen molar-refractivity contribution in [2.45, 2.75) is 38.3 Å². The summed E-state index contributed by atoms with van der Waals surface area (Å²) in [6.07, 6.45) is 7.84. The molecule has 0 saturated heterocycles. The van der Waals surface area contributed by atoms with Crippen LogP contribution in [0.1, 0.15) is 37.8 Å². The molecule has 0 radical (unpaired) electrons. The van der Waals surface area contributed by atoms with Crippen LogP contribution in [0.3, 0.4) is 0 Å². The zero-order valence-corrected chi connectivity index (χ0v) is 12.5. The quantitative estimate of drug-likeness (QED) is 0.582. The number of benzene rings is 1. The number of allylic oxidation sites excluding steroid dienone is 1. The lowest BCUT2D eigenvalue weighted by atomic mass is 9.99. The van der Waals surface area contributed by atoms with E-state index in [0.29, 0.717) is 21.1 Å². The van der Waals surface area contributed by atoms with Crippen molar-refractivity contribution < 1.29 is 0 Å². The third-order valence-corrected chi connectivity index (χ3v) is 4.59. The fourth-order valence-corrected chi connectivity index (χ4v) is 2.97. The van der Waals surface area contributed by atoms with Crippen LogP contribution in [0.2, 0.25) is 15.1 Å². The summed E-state index contributed by atoms with van der Waals surface area (Å²) in [7, 11) is 0. The second-order valence-electron chi connectivity index (χ2n) is 4.63. The van der Waals surface area contributed by atoms with Gasteiger partial charge in [0.15, 0.2) is 0 Å². The predicted molar refractivity (Wildman–Crippen MR) is 79.8 cm³/mol. The Morgan fingerprint density at radius 1 is 1.17 bits per heavy atom. The molecule has 1 aromatic rings. The number of hydrogen-bond acceptors (Lipinski definition) is 1. The topological polar surface area (TPSA) is 12.0 Å². The number of rotatable bonds is 3. The molecular weight excluding hydrogens is 289 g/mol. The summed E-state index contributed by atoms with van der Waals surface area (Å²) in [5.41, 5.74) is 1.00. The van der Waals surface area contributed by atoms with Crippen LogP contribution in [0.5, 0.6) is 0 Å². The van der Waals surface area contributed by atoms with Gasteiger partial charge in [0.25, 0.3) is 0 Å². The van der Waals surface area contributed by atoms with E-state index in [1.807, 2.05) is 6.07 Å². The predicted octanol–water partition coefficient (Wildman–Crippen LogP) is 5.41. The van der Waals surface area contributed by atoms with Crippen LogP contribution in [0, 0.1) is 0 Å². The first-order valence-corrected chi connectivity index (χ1v) is 7.27. The summed E-state index contributed by atoms with van der Waals surface area (Å²) >= 11 is 18.2. The molecule has 18 heavy (non-hydrogen) atoms. The molecule has 1 aromatic carbocycles. The van der Waals surface area contributed by atoms with Gasteiger partial charge in [-0.3, -0.25) is 0 Å². The van der Waals surface area contributed by atoms with E-state index < -0.39 is 0 Å². The highest BCUT2D eigenvalue weighted by atomic mass is 35.5. The first kappa shape index (κ1) is 14.2. The number of nitrogens with one attached hydrogen (secondary N) is 1. The van der Waals surface area contributed by atoms with Gasteiger partial charge in [-0.25, -0.2) is 0 Å². The summed E-state index contributed by atoms with van der Waals surface area (Å²) in [5, 5.41) is 5.07. The summed E-state index contributed by atoms with van der Waals surface area (Å²) in [6.45, 7) is 2.10. The second kappa shape index (κ2) is 6.29. The van der Waals surface area contributed by atoms with Crippen molar-refractivity contribution in [2.75, 3.05) is 0 Å². The molecule has 0 bridgehead atoms. The Morgan fingerprint density at radius 2 is 1.94 bits per heavy atom. The molecule has 0 aromatic heterocycles. The van der Waals surface area contributed by atoms with Gasteiger partial charge < -0.3 is 5.32 Å². The molecule has 0 saturated carbocycles. The Balaban J connectivity index is 2.11. The Kier molecular flexibility index (Phi) is 4.97. The highest BCUT2D eigenvalue weighted by Crippen LogP contribution is 2.35. The molecule has 1 nitrogen and oxygen atoms in total. The van der Waals surface area contributed by atoms with Gasteiger partial charge in [0.2, 0.25) is 0 Å². The number of halogens is 3. The van der Waals surface area contributed by atoms with Crippen molar-refractivity contribution in [1.29, 1.82) is 0 Å². The van der Waals surface area contributed by atoms with Gasteiger partial charge in [-0.2, -0.15) is 0 Å². The van der Waals surface area contributed by atoms with E-state index in [1.165, 1.54) is 6.42 Å². The van der Waals surface area contributed by atoms with Crippen LogP contribution in [-0.2, 0) is 0 Å². The van der Waals surface area contributed by atoms with Crippen molar-refractivity contribution in [2.24, 2.45) is 0 Å². The van der Waals surface area contributed by atoms with E-state index in [2.05, 4.69) is 24.4 Å². The standard InChI is InChI=1S/C14H16Cl3N/c1-9(18-10-5-3-2-4-6-10)11-7-8-12(15)14(17)13(11)16/h2-3,7-10,18H,4-6H2,1H3. The molecule has 0 spiro atoms. The molecule has 2 rings (SSSR count). The van der Waals surface area contributed by atoms with Crippen LogP contribution in [-0.4, -0.2) is 6.04 Å². The molecule has 0 fully saturated rings. The lowest BCUT2D eigenvalue weighted by molar-refractivity contribution is 0.426. The zero-order chi connectivity index (χ0) is 13.1. The van der Waals surface area contributed by atoms with E-state index in [-0.39, 0.29) is 6.04 Å². The van der Waals surface area contributed by atoms with Crippen molar-refractivity contribution in [3.8, 4) is 0 Å². The van der Waals surface area contributed by atoms with Gasteiger partial charge in [0.05, 0.1) is 15.1 Å². The van der Waals surface area contributed by atoms with E-state index >= 15 is 0 Å². The maximum Gasteiger partial charge on any atom is 0.0781 e. The Bertz CT molecular complexity index is 457. The van der Waals surface area contributed by atoms with Crippen LogP contribution < -0.4 is 5.32 Å². The van der Waals surface area contributed by atoms with Gasteiger partial charge in [-0.15, -0.1) is 0 Å². The smallest absolute Gasteiger partial charge is 0.0781 e. The first-order valence-electron chi connectivity index (χ1n) is 6.14. The Morgan fingerprint density at radius 3 is 2.61 bits per heavy atom. The van der Waals surface area contributed by atoms with E-state index in [0.717, 1.165) is 18.4 Å². The van der Waals surface area contributed by atoms with E-state index in [4.69, 9.17) is 34.8 Å². The third-order valence-electron chi connectivity index (χ3n) is 3.29. The summed E-state index contributed by atoms with van der Waals surface area (Å²) in [6, 6.07) is 4.41. The van der Waals surface area contributed by atoms with Crippen LogP contribution in [0.25, 0.3) is 0 Å². The minimum absolute atomic E-state index is 0.170. The van der Waals surface area contributed by atoms with Crippen LogP contribution in [0.15, 0.2) is 24.3 Å². The zero-order valence-electron chi connectivity index (χ0n) is 10.2. The molecule has 2 atom stereocenters. The fourth-order valence-electron chi connectivity index (χ4n) is 2.26. The third kappa shape index (κ3) is 3.21. The molecule has 1 N–H and O–H groups in total. The van der Waals surface area contributed by atoms with Crippen LogP contribution in [0.4, 0.5) is 0 Å². The second-order valence-corrected chi connectivity index (χ2v) is 5.80. The van der Waals surface area contributed by atoms with Crippen molar-refractivity contribution >= 4 is 34.8 Å². The highest BCUT2D eigenvalue weighted by molar-refractivity contribution is 6.48. The van der Waals surface area contributed by atoms with Crippen LogP contribution >= 0.6 is 34.8 Å². The summed E-state index contributed by atoms with van der Waals surface area (Å²) in [5.74, 6) is 0. The largest absolute Gasteiger partial charge is 0.307 e. The summed E-state index contributed by atoms with van der Waals surface area (Å²) in [4.78, 5) is 0. The molecule has 1 aliphatic carbocycles. The molecule has 4 heteroatoms. The normalized spacial score (nSPS) is 21.0. The lowest BCUT2D eigenvalue weighted by Gasteiger charge is -2.25. The van der Waals surface area contributed by atoms with E-state index in [1.54, 1.807) is 6.07 Å². The molecule has 0 amide bonds. The number of hydrogen-bond donors (Lipinski definition) is 1. The van der Waals surface area contributed by atoms with Gasteiger partial charge in [-0.1, -0.05) is 53.0 Å². The van der Waals surface area contributed by atoms with Gasteiger partial charge in [0.1, 0.15) is 0 Å². The molecule has 98 valence electrons. The van der Waals surface area contributed by atoms with Gasteiger partial charge in [-0.05, 0) is 37.8 Å². The van der Waals surface area contributed by atoms with Crippen molar-refractivity contribution in [3.05, 3.63) is 44.9 Å². The minimum atomic E-state index is 0.170. The molecule has 0 aliphatic heterocycles. The van der Waals surface area contributed by atoms with Gasteiger partial charge in [0, 0.05) is 12.1 Å². The van der Waals surface area contributed by atoms with Crippen molar-refractivity contribution in [3.63, 3.8) is 0 Å². The molecular formula is C14H16Cl3N. The Labute approximate surface area is 123 Å². The average molecular weight is 305 g/mol. The SMILES string of the molecule is CC(NC1CC=CCC1)c1ccc(Cl)c(Cl)c1Cl. The minimum Gasteiger partial charge on any atom is -0.307 e. The monoisotopic (exact) mass is 303 g/mol. The van der Waals surface area contributed by atoms with Gasteiger partial charge >= 0.3 is 0 Å². The summed E-state index contributed by atoms with van der Waals surface area (Å²) < 4.78 is 0. The lowest BCUT2D eigenvalue weighted by Crippen LogP contribution is -2.32. The van der Waals surface area contributed by atoms with Crippen molar-refractivity contribution in [1.82, 2.24) is 5.32 Å². The maximum absolute atomic E-state index is 6.24. The first-order chi connectivity index (χ1) is 8.59. The molecule has 2 unspecified atom stereocenters. The Hall–Kier alpha value is -0.210. The maximum atomic E-state index is 6.24.